The molecule has 0 atom stereocenters. The molecule has 0 aromatic carbocycles. The van der Waals surface area contributed by atoms with E-state index in [1.807, 2.05) is 6.92 Å². The molecule has 1 amide bonds. The van der Waals surface area contributed by atoms with Crippen molar-refractivity contribution in [3.63, 3.8) is 0 Å². The second-order valence-electron chi connectivity index (χ2n) is 3.49. The normalized spacial score (nSPS) is 10.3. The maximum absolute atomic E-state index is 11.9. The third-order valence-electron chi connectivity index (χ3n) is 2.19. The number of carboxylic acids is 1. The Bertz CT molecular complexity index is 598. The molecule has 2 N–H and O–H groups in total. The number of aromatic carboxylic acids is 1. The number of carboxylic acid groups (broad SMARTS) is 1. The minimum absolute atomic E-state index is 0.135. The van der Waals surface area contributed by atoms with Gasteiger partial charge in [-0.3, -0.25) is 4.79 Å². The molecule has 0 bridgehead atoms. The molecule has 0 spiro atoms. The lowest BCUT2D eigenvalue weighted by atomic mass is 10.3. The smallest absolute Gasteiger partial charge is 0.348 e. The fourth-order valence-corrected chi connectivity index (χ4v) is 3.45. The van der Waals surface area contributed by atoms with Crippen molar-refractivity contribution in [1.82, 2.24) is 0 Å². The molecule has 94 valence electrons. The number of nitrogens with one attached hydrogen (secondary N) is 1. The Labute approximate surface area is 119 Å². The van der Waals surface area contributed by atoms with Gasteiger partial charge in [0.25, 0.3) is 5.91 Å². The summed E-state index contributed by atoms with van der Waals surface area (Å²) >= 11 is 5.75. The molecule has 0 saturated carbocycles. The molecule has 0 fully saturated rings. The van der Waals surface area contributed by atoms with Crippen LogP contribution in [0.1, 0.15) is 24.9 Å². The van der Waals surface area contributed by atoms with Crippen LogP contribution >= 0.6 is 38.6 Å². The van der Waals surface area contributed by atoms with Crippen molar-refractivity contribution in [3.05, 3.63) is 36.6 Å². The van der Waals surface area contributed by atoms with E-state index in [9.17, 15) is 9.59 Å². The van der Waals surface area contributed by atoms with Gasteiger partial charge >= 0.3 is 5.97 Å². The van der Waals surface area contributed by atoms with E-state index in [-0.39, 0.29) is 10.8 Å². The van der Waals surface area contributed by atoms with Gasteiger partial charge in [0.2, 0.25) is 0 Å². The molecule has 2 aromatic rings. The van der Waals surface area contributed by atoms with Gasteiger partial charge in [0.05, 0.1) is 14.4 Å². The topological polar surface area (TPSA) is 66.4 Å². The Morgan fingerprint density at radius 1 is 1.44 bits per heavy atom. The highest BCUT2D eigenvalue weighted by Crippen LogP contribution is 2.29. The van der Waals surface area contributed by atoms with Crippen LogP contribution in [0.15, 0.2) is 21.3 Å². The maximum atomic E-state index is 11.9. The largest absolute Gasteiger partial charge is 0.477 e. The lowest BCUT2D eigenvalue weighted by molar-refractivity contribution is 0.0703. The summed E-state index contributed by atoms with van der Waals surface area (Å²) < 4.78 is 0.899. The maximum Gasteiger partial charge on any atom is 0.348 e. The predicted molar refractivity (Wildman–Crippen MR) is 76.0 cm³/mol. The summed E-state index contributed by atoms with van der Waals surface area (Å²) in [4.78, 5) is 23.5. The molecular formula is C11H8BrNO3S2. The molecule has 2 aromatic heterocycles. The average molecular weight is 346 g/mol. The van der Waals surface area contributed by atoms with Crippen LogP contribution in [-0.2, 0) is 0 Å². The Balaban J connectivity index is 2.21. The van der Waals surface area contributed by atoms with Crippen LogP contribution < -0.4 is 5.32 Å². The van der Waals surface area contributed by atoms with Crippen molar-refractivity contribution in [2.75, 3.05) is 5.32 Å². The van der Waals surface area contributed by atoms with Crippen LogP contribution in [0, 0.1) is 6.92 Å². The number of hydrogen-bond donors (Lipinski definition) is 2. The molecule has 2 heterocycles. The Hall–Kier alpha value is -1.18. The molecule has 0 aliphatic heterocycles. The first-order chi connectivity index (χ1) is 8.49. The summed E-state index contributed by atoms with van der Waals surface area (Å²) in [6.45, 7) is 1.89. The van der Waals surface area contributed by atoms with Gasteiger partial charge in [0.15, 0.2) is 0 Å². The SMILES string of the molecule is Cc1cc(C(=O)Nc2ccsc2C(=O)O)sc1Br. The Kier molecular flexibility index (Phi) is 3.84. The highest BCUT2D eigenvalue weighted by Gasteiger charge is 2.16. The van der Waals surface area contributed by atoms with Crippen molar-refractivity contribution in [2.24, 2.45) is 0 Å². The van der Waals surface area contributed by atoms with Gasteiger partial charge in [-0.25, -0.2) is 4.79 Å². The molecule has 2 rings (SSSR count). The zero-order valence-corrected chi connectivity index (χ0v) is 12.4. The van der Waals surface area contributed by atoms with Gasteiger partial charge < -0.3 is 10.4 Å². The van der Waals surface area contributed by atoms with E-state index in [2.05, 4.69) is 21.2 Å². The molecule has 7 heteroatoms. The van der Waals surface area contributed by atoms with Gasteiger partial charge in [-0.1, -0.05) is 0 Å². The van der Waals surface area contributed by atoms with E-state index >= 15 is 0 Å². The van der Waals surface area contributed by atoms with Crippen LogP contribution in [0.25, 0.3) is 0 Å². The van der Waals surface area contributed by atoms with Crippen molar-refractivity contribution in [3.8, 4) is 0 Å². The number of aryl methyl sites for hydroxylation is 1. The van der Waals surface area contributed by atoms with Crippen LogP contribution in [0.4, 0.5) is 5.69 Å². The average Bonchev–Trinajstić information content (AvgIpc) is 2.87. The number of amides is 1. The fourth-order valence-electron chi connectivity index (χ4n) is 1.33. The van der Waals surface area contributed by atoms with E-state index in [1.54, 1.807) is 17.5 Å². The van der Waals surface area contributed by atoms with Crippen LogP contribution in [0.5, 0.6) is 0 Å². The number of carbonyl (C=O) groups is 2. The van der Waals surface area contributed by atoms with E-state index in [0.29, 0.717) is 10.6 Å². The first kappa shape index (κ1) is 13.3. The molecule has 0 saturated heterocycles. The fraction of sp³-hybridized carbons (Fsp3) is 0.0909. The quantitative estimate of drug-likeness (QED) is 0.888. The molecule has 0 radical (unpaired) electrons. The number of rotatable bonds is 3. The monoisotopic (exact) mass is 345 g/mol. The lowest BCUT2D eigenvalue weighted by Crippen LogP contribution is -2.11. The summed E-state index contributed by atoms with van der Waals surface area (Å²) in [5, 5.41) is 13.2. The van der Waals surface area contributed by atoms with E-state index in [0.717, 1.165) is 20.7 Å². The molecule has 0 aliphatic carbocycles. The second-order valence-corrected chi connectivity index (χ2v) is 6.78. The summed E-state index contributed by atoms with van der Waals surface area (Å²) in [7, 11) is 0. The van der Waals surface area contributed by atoms with Crippen molar-refractivity contribution in [1.29, 1.82) is 0 Å². The second kappa shape index (κ2) is 5.21. The van der Waals surface area contributed by atoms with Gasteiger partial charge in [-0.05, 0) is 45.9 Å². The first-order valence-electron chi connectivity index (χ1n) is 4.87. The van der Waals surface area contributed by atoms with Crippen LogP contribution in [-0.4, -0.2) is 17.0 Å². The molecule has 4 nitrogen and oxygen atoms in total. The number of halogens is 1. The zero-order valence-electron chi connectivity index (χ0n) is 9.19. The third kappa shape index (κ3) is 2.63. The number of hydrogen-bond acceptors (Lipinski definition) is 4. The number of thiophene rings is 2. The lowest BCUT2D eigenvalue weighted by Gasteiger charge is -2.01. The minimum atomic E-state index is -1.04. The molecule has 18 heavy (non-hydrogen) atoms. The van der Waals surface area contributed by atoms with Gasteiger partial charge in [-0.15, -0.1) is 22.7 Å². The predicted octanol–water partition coefficient (Wildman–Crippen LogP) is 3.83. The van der Waals surface area contributed by atoms with Crippen molar-refractivity contribution < 1.29 is 14.7 Å². The zero-order chi connectivity index (χ0) is 13.3. The molecular weight excluding hydrogens is 338 g/mol. The third-order valence-corrected chi connectivity index (χ3v) is 5.23. The van der Waals surface area contributed by atoms with E-state index < -0.39 is 5.97 Å². The molecule has 0 aliphatic rings. The van der Waals surface area contributed by atoms with Crippen molar-refractivity contribution >= 4 is 56.2 Å². The van der Waals surface area contributed by atoms with Gasteiger partial charge in [0, 0.05) is 0 Å². The summed E-state index contributed by atoms with van der Waals surface area (Å²) in [6, 6.07) is 3.35. The summed E-state index contributed by atoms with van der Waals surface area (Å²) in [5.41, 5.74) is 1.31. The van der Waals surface area contributed by atoms with E-state index in [1.165, 1.54) is 11.3 Å². The van der Waals surface area contributed by atoms with Crippen LogP contribution in [0.2, 0.25) is 0 Å². The Morgan fingerprint density at radius 2 is 2.17 bits per heavy atom. The van der Waals surface area contributed by atoms with E-state index in [4.69, 9.17) is 5.11 Å². The summed E-state index contributed by atoms with van der Waals surface area (Å²) in [5.74, 6) is -1.33. The summed E-state index contributed by atoms with van der Waals surface area (Å²) in [6.07, 6.45) is 0. The Morgan fingerprint density at radius 3 is 2.72 bits per heavy atom. The first-order valence-corrected chi connectivity index (χ1v) is 7.36. The van der Waals surface area contributed by atoms with Crippen molar-refractivity contribution in [2.45, 2.75) is 6.92 Å². The molecule has 0 unspecified atom stereocenters. The minimum Gasteiger partial charge on any atom is -0.477 e. The highest BCUT2D eigenvalue weighted by molar-refractivity contribution is 9.11. The van der Waals surface area contributed by atoms with Gasteiger partial charge in [-0.2, -0.15) is 0 Å². The number of carbonyl (C=O) groups excluding carboxylic acids is 1. The standard InChI is InChI=1S/C11H8BrNO3S2/c1-5-4-7(18-9(5)12)10(14)13-6-2-3-17-8(6)11(15)16/h2-4H,1H3,(H,13,14)(H,15,16). The highest BCUT2D eigenvalue weighted by atomic mass is 79.9. The van der Waals surface area contributed by atoms with Crippen LogP contribution in [0.3, 0.4) is 0 Å². The number of anilines is 1. The van der Waals surface area contributed by atoms with Gasteiger partial charge in [0.1, 0.15) is 4.88 Å².